The molecular weight excluding hydrogens is 529 g/mol. The molecule has 0 radical (unpaired) electrons. The Kier molecular flexibility index (Phi) is 7.37. The van der Waals surface area contributed by atoms with Gasteiger partial charge in [0.25, 0.3) is 0 Å². The van der Waals surface area contributed by atoms with Crippen LogP contribution in [-0.4, -0.2) is 37.6 Å². The van der Waals surface area contributed by atoms with Crippen molar-refractivity contribution in [1.29, 1.82) is 0 Å². The highest BCUT2D eigenvalue weighted by molar-refractivity contribution is 7.16. The third-order valence-corrected chi connectivity index (χ3v) is 9.43. The van der Waals surface area contributed by atoms with E-state index in [1.807, 2.05) is 70.2 Å². The molecule has 2 heterocycles. The quantitative estimate of drug-likeness (QED) is 0.232. The zero-order valence-electron chi connectivity index (χ0n) is 23.8. The monoisotopic (exact) mass is 563 g/mol. The number of amides is 1. The van der Waals surface area contributed by atoms with Crippen LogP contribution >= 0.6 is 11.3 Å². The molecule has 5 nitrogen and oxygen atoms in total. The first-order valence-corrected chi connectivity index (χ1v) is 14.8. The van der Waals surface area contributed by atoms with Crippen molar-refractivity contribution >= 4 is 30.6 Å². The number of alkyl carbamates (subject to hydrolysis) is 1. The van der Waals surface area contributed by atoms with Gasteiger partial charge in [0.2, 0.25) is 0 Å². The average molecular weight is 564 g/mol. The minimum Gasteiger partial charge on any atom is -0.449 e. The van der Waals surface area contributed by atoms with E-state index in [9.17, 15) is 4.79 Å². The Morgan fingerprint density at radius 3 is 2.07 bits per heavy atom. The summed E-state index contributed by atoms with van der Waals surface area (Å²) >= 11 is 1.69. The topological polar surface area (TPSA) is 56.8 Å². The molecule has 1 amide bonds. The summed E-state index contributed by atoms with van der Waals surface area (Å²) in [5.74, 6) is 0.00814. The fraction of sp³-hybridized carbons (Fsp3) is 0.265. The second-order valence-corrected chi connectivity index (χ2v) is 12.7. The molecule has 208 valence electrons. The van der Waals surface area contributed by atoms with Crippen molar-refractivity contribution in [3.63, 3.8) is 0 Å². The van der Waals surface area contributed by atoms with Crippen LogP contribution in [0.1, 0.15) is 49.6 Å². The Balaban J connectivity index is 1.18. The Labute approximate surface area is 246 Å². The van der Waals surface area contributed by atoms with Gasteiger partial charge in [0.05, 0.1) is 11.2 Å². The number of nitrogens with one attached hydrogen (secondary N) is 1. The van der Waals surface area contributed by atoms with E-state index < -0.39 is 24.4 Å². The van der Waals surface area contributed by atoms with E-state index in [0.717, 1.165) is 10.3 Å². The molecule has 3 aromatic carbocycles. The van der Waals surface area contributed by atoms with Crippen molar-refractivity contribution in [2.24, 2.45) is 0 Å². The van der Waals surface area contributed by atoms with E-state index >= 15 is 0 Å². The van der Waals surface area contributed by atoms with Crippen molar-refractivity contribution in [3.05, 3.63) is 112 Å². The summed E-state index contributed by atoms with van der Waals surface area (Å²) in [7, 11) is -0.587. The predicted octanol–water partition coefficient (Wildman–Crippen LogP) is 7.97. The molecule has 1 fully saturated rings. The molecular formula is C34H34BNO4S. The van der Waals surface area contributed by atoms with Crippen LogP contribution < -0.4 is 5.32 Å². The van der Waals surface area contributed by atoms with E-state index in [2.05, 4.69) is 59.9 Å². The van der Waals surface area contributed by atoms with Crippen LogP contribution in [0.4, 0.5) is 4.79 Å². The smallest absolute Gasteiger partial charge is 0.449 e. The average Bonchev–Trinajstić information content (AvgIpc) is 3.62. The van der Waals surface area contributed by atoms with E-state index in [0.29, 0.717) is 0 Å². The first kappa shape index (κ1) is 27.5. The highest BCUT2D eigenvalue weighted by Crippen LogP contribution is 2.44. The molecule has 0 unspecified atom stereocenters. The third-order valence-electron chi connectivity index (χ3n) is 8.35. The maximum Gasteiger partial charge on any atom is 0.492 e. The predicted molar refractivity (Wildman–Crippen MR) is 167 cm³/mol. The highest BCUT2D eigenvalue weighted by atomic mass is 32.1. The first-order valence-electron chi connectivity index (χ1n) is 14.0. The van der Waals surface area contributed by atoms with Gasteiger partial charge in [-0.25, -0.2) is 4.79 Å². The lowest BCUT2D eigenvalue weighted by atomic mass is 9.77. The third kappa shape index (κ3) is 5.50. The lowest BCUT2D eigenvalue weighted by molar-refractivity contribution is 0.00578. The van der Waals surface area contributed by atoms with Crippen molar-refractivity contribution < 1.29 is 18.8 Å². The van der Waals surface area contributed by atoms with E-state index in [-0.39, 0.29) is 19.1 Å². The largest absolute Gasteiger partial charge is 0.492 e. The Morgan fingerprint density at radius 2 is 1.44 bits per heavy atom. The molecule has 2 aliphatic rings. The molecule has 41 heavy (non-hydrogen) atoms. The van der Waals surface area contributed by atoms with Crippen molar-refractivity contribution in [1.82, 2.24) is 5.32 Å². The van der Waals surface area contributed by atoms with Crippen LogP contribution in [0.15, 0.2) is 96.5 Å². The minimum absolute atomic E-state index is 0.00814. The highest BCUT2D eigenvalue weighted by Gasteiger charge is 2.52. The molecule has 0 saturated carbocycles. The summed E-state index contributed by atoms with van der Waals surface area (Å²) in [5, 5.41) is 2.96. The molecule has 0 atom stereocenters. The number of benzene rings is 3. The number of carbonyl (C=O) groups is 1. The number of thiophene rings is 1. The van der Waals surface area contributed by atoms with Gasteiger partial charge in [0.1, 0.15) is 6.61 Å². The molecule has 1 aromatic heterocycles. The molecule has 6 rings (SSSR count). The summed E-state index contributed by atoms with van der Waals surface area (Å²) in [6.07, 6.45) is 1.59. The van der Waals surface area contributed by atoms with Gasteiger partial charge in [-0.3, -0.25) is 0 Å². The standard InChI is InChI=1S/C34H34BNO4S/c1-33(2)34(3,4)40-35(39-33)24(20-25-18-19-31(41-25)23-12-6-5-7-13-23)21-36-32(37)38-22-30-28-16-10-8-14-26(28)27-15-9-11-17-29(27)30/h5-20,30H,21-22H2,1-4H3,(H,36,37). The Hall–Kier alpha value is -3.65. The molecule has 1 aliphatic carbocycles. The fourth-order valence-corrected chi connectivity index (χ4v) is 6.38. The van der Waals surface area contributed by atoms with Crippen LogP contribution in [-0.2, 0) is 14.0 Å². The maximum absolute atomic E-state index is 13.0. The van der Waals surface area contributed by atoms with Crippen molar-refractivity contribution in [3.8, 4) is 21.6 Å². The number of carbonyl (C=O) groups excluding carboxylic acids is 1. The summed E-state index contributed by atoms with van der Waals surface area (Å²) in [6.45, 7) is 8.63. The van der Waals surface area contributed by atoms with Gasteiger partial charge in [-0.2, -0.15) is 0 Å². The summed E-state index contributed by atoms with van der Waals surface area (Å²) in [4.78, 5) is 15.2. The van der Waals surface area contributed by atoms with Crippen molar-refractivity contribution in [2.75, 3.05) is 13.2 Å². The normalized spacial score (nSPS) is 17.3. The molecule has 7 heteroatoms. The minimum atomic E-state index is -0.587. The molecule has 1 saturated heterocycles. The van der Waals surface area contributed by atoms with E-state index in [1.54, 1.807) is 11.3 Å². The number of ether oxygens (including phenoxy) is 1. The van der Waals surface area contributed by atoms with Gasteiger partial charge in [-0.15, -0.1) is 11.3 Å². The van der Waals surface area contributed by atoms with Crippen LogP contribution in [0.3, 0.4) is 0 Å². The molecule has 1 N–H and O–H groups in total. The Bertz CT molecular complexity index is 1530. The molecule has 1 aliphatic heterocycles. The second kappa shape index (κ2) is 11.0. The fourth-order valence-electron chi connectivity index (χ4n) is 5.39. The summed E-state index contributed by atoms with van der Waals surface area (Å²) < 4.78 is 18.5. The molecule has 0 spiro atoms. The lowest BCUT2D eigenvalue weighted by Crippen LogP contribution is -2.41. The number of fused-ring (bicyclic) bond motifs is 3. The van der Waals surface area contributed by atoms with Gasteiger partial charge >= 0.3 is 13.2 Å². The second-order valence-electron chi connectivity index (χ2n) is 11.6. The summed E-state index contributed by atoms with van der Waals surface area (Å²) in [6, 6.07) is 31.2. The van der Waals surface area contributed by atoms with Gasteiger partial charge in [-0.05, 0) is 79.2 Å². The maximum atomic E-state index is 13.0. The summed E-state index contributed by atoms with van der Waals surface area (Å²) in [5.41, 5.74) is 5.79. The first-order chi connectivity index (χ1) is 19.7. The number of rotatable bonds is 7. The molecule has 0 bridgehead atoms. The van der Waals surface area contributed by atoms with Gasteiger partial charge in [0, 0.05) is 22.2 Å². The van der Waals surface area contributed by atoms with Crippen molar-refractivity contribution in [2.45, 2.75) is 44.8 Å². The van der Waals surface area contributed by atoms with Crippen LogP contribution in [0.5, 0.6) is 0 Å². The number of hydrogen-bond acceptors (Lipinski definition) is 5. The lowest BCUT2D eigenvalue weighted by Gasteiger charge is -2.32. The Morgan fingerprint density at radius 1 is 0.854 bits per heavy atom. The molecule has 4 aromatic rings. The number of hydrogen-bond donors (Lipinski definition) is 1. The van der Waals surface area contributed by atoms with Gasteiger partial charge in [-0.1, -0.05) is 78.9 Å². The van der Waals surface area contributed by atoms with Crippen LogP contribution in [0.2, 0.25) is 0 Å². The zero-order valence-corrected chi connectivity index (χ0v) is 24.7. The van der Waals surface area contributed by atoms with Gasteiger partial charge < -0.3 is 19.4 Å². The van der Waals surface area contributed by atoms with E-state index in [4.69, 9.17) is 14.0 Å². The van der Waals surface area contributed by atoms with Gasteiger partial charge in [0.15, 0.2) is 0 Å². The van der Waals surface area contributed by atoms with E-state index in [1.165, 1.54) is 32.7 Å². The zero-order chi connectivity index (χ0) is 28.6. The van der Waals surface area contributed by atoms with Crippen LogP contribution in [0, 0.1) is 0 Å². The SMILES string of the molecule is CC1(C)OB(C(=Cc2ccc(-c3ccccc3)s2)CNC(=O)OCC2c3ccccc3-c3ccccc32)OC1(C)C. The van der Waals surface area contributed by atoms with Crippen LogP contribution in [0.25, 0.3) is 27.6 Å².